The highest BCUT2D eigenvalue weighted by Gasteiger charge is 2.06. The van der Waals surface area contributed by atoms with Gasteiger partial charge in [0.15, 0.2) is 0 Å². The maximum absolute atomic E-state index is 4.08. The van der Waals surface area contributed by atoms with E-state index >= 15 is 0 Å². The number of hydrogen-bond acceptors (Lipinski definition) is 2. The predicted molar refractivity (Wildman–Crippen MR) is 72.9 cm³/mol. The highest BCUT2D eigenvalue weighted by molar-refractivity contribution is 5.82. The molecule has 2 nitrogen and oxygen atoms in total. The minimum absolute atomic E-state index is 1.04. The molecule has 0 saturated heterocycles. The van der Waals surface area contributed by atoms with Crippen molar-refractivity contribution in [2.45, 2.75) is 0 Å². The van der Waals surface area contributed by atoms with E-state index < -0.39 is 0 Å². The number of nitrogens with zero attached hydrogens (tertiary/aromatic N) is 2. The van der Waals surface area contributed by atoms with E-state index in [4.69, 9.17) is 0 Å². The maximum Gasteiger partial charge on any atom is 0.115 e. The second-order valence-corrected chi connectivity index (χ2v) is 4.04. The van der Waals surface area contributed by atoms with Gasteiger partial charge < -0.3 is 0 Å². The van der Waals surface area contributed by atoms with Gasteiger partial charge in [-0.05, 0) is 16.7 Å². The molecule has 0 amide bonds. The molecule has 3 rings (SSSR count). The van der Waals surface area contributed by atoms with Crippen LogP contribution in [0.3, 0.4) is 0 Å². The van der Waals surface area contributed by atoms with E-state index in [-0.39, 0.29) is 0 Å². The van der Waals surface area contributed by atoms with Gasteiger partial charge >= 0.3 is 0 Å². The van der Waals surface area contributed by atoms with E-state index in [1.807, 2.05) is 36.7 Å². The van der Waals surface area contributed by atoms with Gasteiger partial charge in [0.25, 0.3) is 0 Å². The van der Waals surface area contributed by atoms with Crippen molar-refractivity contribution in [1.29, 1.82) is 0 Å². The number of hydrogen-bond donors (Lipinski definition) is 0. The molecule has 0 saturated carbocycles. The van der Waals surface area contributed by atoms with Crippen LogP contribution in [0.1, 0.15) is 0 Å². The van der Waals surface area contributed by atoms with E-state index in [0.29, 0.717) is 0 Å². The Morgan fingerprint density at radius 1 is 0.556 bits per heavy atom. The second-order valence-electron chi connectivity index (χ2n) is 4.04. The summed E-state index contributed by atoms with van der Waals surface area (Å²) in [5.41, 5.74) is 4.60. The van der Waals surface area contributed by atoms with Gasteiger partial charge in [-0.1, -0.05) is 54.6 Å². The average molecular weight is 232 g/mol. The highest BCUT2D eigenvalue weighted by atomic mass is 14.8. The van der Waals surface area contributed by atoms with E-state index in [2.05, 4.69) is 40.3 Å². The monoisotopic (exact) mass is 232 g/mol. The Balaban J connectivity index is 2.18. The summed E-state index contributed by atoms with van der Waals surface area (Å²) in [5.74, 6) is 0. The van der Waals surface area contributed by atoms with Crippen LogP contribution >= 0.6 is 0 Å². The van der Waals surface area contributed by atoms with Crippen LogP contribution in [0, 0.1) is 0 Å². The third-order valence-corrected chi connectivity index (χ3v) is 2.88. The molecule has 0 N–H and O–H groups in total. The van der Waals surface area contributed by atoms with Crippen LogP contribution in [-0.4, -0.2) is 9.97 Å². The molecular formula is C16H12N2. The Labute approximate surface area is 106 Å². The molecule has 1 heterocycles. The zero-order chi connectivity index (χ0) is 12.2. The molecule has 2 aromatic carbocycles. The van der Waals surface area contributed by atoms with Crippen LogP contribution < -0.4 is 0 Å². The summed E-state index contributed by atoms with van der Waals surface area (Å²) in [4.78, 5) is 8.17. The van der Waals surface area contributed by atoms with E-state index in [1.54, 1.807) is 6.33 Å². The van der Waals surface area contributed by atoms with Crippen molar-refractivity contribution in [3.8, 4) is 22.3 Å². The van der Waals surface area contributed by atoms with Crippen molar-refractivity contribution < 1.29 is 0 Å². The van der Waals surface area contributed by atoms with E-state index in [1.165, 1.54) is 11.1 Å². The molecule has 86 valence electrons. The Morgan fingerprint density at radius 3 is 1.78 bits per heavy atom. The molecule has 0 bridgehead atoms. The van der Waals surface area contributed by atoms with Crippen molar-refractivity contribution >= 4 is 0 Å². The van der Waals surface area contributed by atoms with Crippen LogP contribution in [0.2, 0.25) is 0 Å². The minimum atomic E-state index is 1.04. The third kappa shape index (κ3) is 2.00. The largest absolute Gasteiger partial charge is 0.244 e. The first-order valence-corrected chi connectivity index (χ1v) is 5.85. The van der Waals surface area contributed by atoms with Crippen molar-refractivity contribution in [2.75, 3.05) is 0 Å². The lowest BCUT2D eigenvalue weighted by molar-refractivity contribution is 1.17. The summed E-state index contributed by atoms with van der Waals surface area (Å²) in [6.07, 6.45) is 5.23. The van der Waals surface area contributed by atoms with Crippen molar-refractivity contribution in [1.82, 2.24) is 9.97 Å². The topological polar surface area (TPSA) is 25.8 Å². The summed E-state index contributed by atoms with van der Waals surface area (Å²) in [6.45, 7) is 0. The summed E-state index contributed by atoms with van der Waals surface area (Å²) in [5, 5.41) is 0. The lowest BCUT2D eigenvalue weighted by atomic mass is 9.96. The molecule has 0 atom stereocenters. The molecule has 0 aliphatic rings. The number of rotatable bonds is 2. The van der Waals surface area contributed by atoms with Gasteiger partial charge in [-0.15, -0.1) is 0 Å². The highest BCUT2D eigenvalue weighted by Crippen LogP contribution is 2.30. The van der Waals surface area contributed by atoms with Crippen molar-refractivity contribution in [3.05, 3.63) is 73.3 Å². The fourth-order valence-electron chi connectivity index (χ4n) is 2.04. The lowest BCUT2D eigenvalue weighted by Gasteiger charge is -2.08. The molecule has 0 aliphatic carbocycles. The van der Waals surface area contributed by atoms with Crippen molar-refractivity contribution in [2.24, 2.45) is 0 Å². The van der Waals surface area contributed by atoms with E-state index in [0.717, 1.165) is 11.1 Å². The van der Waals surface area contributed by atoms with Crippen LogP contribution in [0.25, 0.3) is 22.3 Å². The molecule has 0 radical (unpaired) electrons. The molecule has 1 aromatic heterocycles. The molecule has 0 unspecified atom stereocenters. The van der Waals surface area contributed by atoms with Gasteiger partial charge in [0.1, 0.15) is 6.33 Å². The minimum Gasteiger partial charge on any atom is -0.244 e. The van der Waals surface area contributed by atoms with Gasteiger partial charge in [-0.3, -0.25) is 0 Å². The Bertz CT molecular complexity index is 575. The van der Waals surface area contributed by atoms with Gasteiger partial charge in [-0.2, -0.15) is 0 Å². The average Bonchev–Trinajstić information content (AvgIpc) is 2.49. The van der Waals surface area contributed by atoms with E-state index in [9.17, 15) is 0 Å². The predicted octanol–water partition coefficient (Wildman–Crippen LogP) is 3.81. The Hall–Kier alpha value is -2.48. The summed E-state index contributed by atoms with van der Waals surface area (Å²) in [7, 11) is 0. The normalized spacial score (nSPS) is 10.2. The summed E-state index contributed by atoms with van der Waals surface area (Å²) >= 11 is 0. The smallest absolute Gasteiger partial charge is 0.115 e. The first kappa shape index (κ1) is 10.7. The van der Waals surface area contributed by atoms with Gasteiger partial charge in [-0.25, -0.2) is 9.97 Å². The molecule has 0 spiro atoms. The first-order valence-electron chi connectivity index (χ1n) is 5.85. The fraction of sp³-hybridized carbons (Fsp3) is 0. The zero-order valence-corrected chi connectivity index (χ0v) is 9.82. The summed E-state index contributed by atoms with van der Waals surface area (Å²) < 4.78 is 0. The van der Waals surface area contributed by atoms with Crippen LogP contribution in [0.4, 0.5) is 0 Å². The molecule has 18 heavy (non-hydrogen) atoms. The fourth-order valence-corrected chi connectivity index (χ4v) is 2.04. The lowest BCUT2D eigenvalue weighted by Crippen LogP contribution is -1.86. The third-order valence-electron chi connectivity index (χ3n) is 2.88. The number of benzene rings is 2. The first-order chi connectivity index (χ1) is 8.95. The Morgan fingerprint density at radius 2 is 1.11 bits per heavy atom. The number of aromatic nitrogens is 2. The zero-order valence-electron chi connectivity index (χ0n) is 9.82. The quantitative estimate of drug-likeness (QED) is 0.671. The maximum atomic E-state index is 4.08. The molecule has 3 aromatic rings. The van der Waals surface area contributed by atoms with Gasteiger partial charge in [0, 0.05) is 18.0 Å². The van der Waals surface area contributed by atoms with Crippen molar-refractivity contribution in [3.63, 3.8) is 0 Å². The molecular weight excluding hydrogens is 220 g/mol. The molecule has 0 aliphatic heterocycles. The van der Waals surface area contributed by atoms with Crippen LogP contribution in [0.15, 0.2) is 73.3 Å². The van der Waals surface area contributed by atoms with Crippen LogP contribution in [-0.2, 0) is 0 Å². The Kier molecular flexibility index (Phi) is 2.84. The van der Waals surface area contributed by atoms with Crippen LogP contribution in [0.5, 0.6) is 0 Å². The van der Waals surface area contributed by atoms with Gasteiger partial charge in [0.2, 0.25) is 0 Å². The SMILES string of the molecule is c1ccc(-c2ccccc2-c2cncnc2)cc1. The standard InChI is InChI=1S/C16H12N2/c1-2-6-13(7-3-1)15-8-4-5-9-16(15)14-10-17-12-18-11-14/h1-12H. The van der Waals surface area contributed by atoms with Gasteiger partial charge in [0.05, 0.1) is 0 Å². The molecule has 2 heteroatoms. The second kappa shape index (κ2) is 4.80. The molecule has 0 fully saturated rings. The summed E-state index contributed by atoms with van der Waals surface area (Å²) in [6, 6.07) is 18.7.